The maximum Gasteiger partial charge on any atom is 0.323 e. The van der Waals surface area contributed by atoms with Gasteiger partial charge in [0.25, 0.3) is 0 Å². The highest BCUT2D eigenvalue weighted by molar-refractivity contribution is 5.73. The molecule has 4 nitrogen and oxygen atoms in total. The first-order valence-electron chi connectivity index (χ1n) is 7.04. The van der Waals surface area contributed by atoms with Crippen molar-refractivity contribution in [1.82, 2.24) is 0 Å². The van der Waals surface area contributed by atoms with Gasteiger partial charge in [0.1, 0.15) is 6.04 Å². The minimum Gasteiger partial charge on any atom is -0.480 e. The van der Waals surface area contributed by atoms with Crippen LogP contribution in [0.15, 0.2) is 12.2 Å². The number of unbranched alkanes of at least 4 members (excludes halogenated alkanes) is 4. The number of carboxylic acid groups (broad SMARTS) is 1. The van der Waals surface area contributed by atoms with Crippen LogP contribution < -0.4 is 5.73 Å². The summed E-state index contributed by atoms with van der Waals surface area (Å²) in [5.41, 5.74) is 5.26. The Morgan fingerprint density at radius 3 is 2.25 bits per heavy atom. The SMILES string of the molecule is N[C@H](C(=O)O)[C@@H](O)CC/C=C/CCCCCCC(F)F. The van der Waals surface area contributed by atoms with Crippen LogP contribution >= 0.6 is 0 Å². The molecule has 4 N–H and O–H groups in total. The first-order chi connectivity index (χ1) is 9.45. The van der Waals surface area contributed by atoms with Gasteiger partial charge in [0.2, 0.25) is 6.43 Å². The lowest BCUT2D eigenvalue weighted by molar-refractivity contribution is -0.141. The highest BCUT2D eigenvalue weighted by atomic mass is 19.3. The molecule has 20 heavy (non-hydrogen) atoms. The number of alkyl halides is 2. The number of aliphatic hydroxyl groups is 1. The number of carboxylic acids is 1. The third-order valence-corrected chi connectivity index (χ3v) is 3.04. The van der Waals surface area contributed by atoms with Gasteiger partial charge in [-0.25, -0.2) is 8.78 Å². The van der Waals surface area contributed by atoms with E-state index in [1.807, 2.05) is 12.2 Å². The Labute approximate surface area is 118 Å². The van der Waals surface area contributed by atoms with Crippen LogP contribution in [0.1, 0.15) is 51.4 Å². The Morgan fingerprint density at radius 2 is 1.65 bits per heavy atom. The number of allylic oxidation sites excluding steroid dienone is 2. The molecule has 0 radical (unpaired) electrons. The molecule has 0 rings (SSSR count). The van der Waals surface area contributed by atoms with Gasteiger partial charge in [0.15, 0.2) is 0 Å². The minimum absolute atomic E-state index is 0.0163. The van der Waals surface area contributed by atoms with Crippen LogP contribution in [0.5, 0.6) is 0 Å². The van der Waals surface area contributed by atoms with Gasteiger partial charge in [-0.05, 0) is 32.1 Å². The van der Waals surface area contributed by atoms with Crippen molar-refractivity contribution >= 4 is 5.97 Å². The fourth-order valence-corrected chi connectivity index (χ4v) is 1.76. The summed E-state index contributed by atoms with van der Waals surface area (Å²) in [5.74, 6) is -1.20. The fraction of sp³-hybridized carbons (Fsp3) is 0.786. The molecule has 0 heterocycles. The van der Waals surface area contributed by atoms with Gasteiger partial charge in [-0.15, -0.1) is 0 Å². The third-order valence-electron chi connectivity index (χ3n) is 3.04. The molecule has 0 aliphatic carbocycles. The molecule has 0 aliphatic heterocycles. The van der Waals surface area contributed by atoms with Crippen molar-refractivity contribution in [2.45, 2.75) is 69.9 Å². The molecule has 2 atom stereocenters. The van der Waals surface area contributed by atoms with Crippen molar-refractivity contribution in [3.63, 3.8) is 0 Å². The first-order valence-corrected chi connectivity index (χ1v) is 7.04. The molecule has 0 unspecified atom stereocenters. The van der Waals surface area contributed by atoms with Gasteiger partial charge in [-0.1, -0.05) is 25.0 Å². The Balaban J connectivity index is 3.42. The van der Waals surface area contributed by atoms with Crippen LogP contribution in [-0.2, 0) is 4.79 Å². The normalized spacial score (nSPS) is 14.8. The average molecular weight is 293 g/mol. The second-order valence-corrected chi connectivity index (χ2v) is 4.86. The molecular weight excluding hydrogens is 268 g/mol. The van der Waals surface area contributed by atoms with Crippen LogP contribution in [0, 0.1) is 0 Å². The van der Waals surface area contributed by atoms with E-state index in [0.29, 0.717) is 19.3 Å². The Morgan fingerprint density at radius 1 is 1.05 bits per heavy atom. The van der Waals surface area contributed by atoms with Crippen LogP contribution in [0.4, 0.5) is 8.78 Å². The Hall–Kier alpha value is -1.01. The van der Waals surface area contributed by atoms with E-state index < -0.39 is 24.5 Å². The second kappa shape index (κ2) is 11.8. The molecule has 0 bridgehead atoms. The van der Waals surface area contributed by atoms with E-state index in [1.165, 1.54) is 0 Å². The number of halogens is 2. The molecular formula is C14H25F2NO3. The topological polar surface area (TPSA) is 83.6 Å². The van der Waals surface area contributed by atoms with E-state index in [-0.39, 0.29) is 6.42 Å². The molecule has 0 fully saturated rings. The van der Waals surface area contributed by atoms with Crippen LogP contribution in [0.2, 0.25) is 0 Å². The van der Waals surface area contributed by atoms with E-state index in [4.69, 9.17) is 10.8 Å². The summed E-state index contributed by atoms with van der Waals surface area (Å²) in [5, 5.41) is 18.0. The second-order valence-electron chi connectivity index (χ2n) is 4.86. The molecule has 0 saturated heterocycles. The molecule has 0 aromatic heterocycles. The number of rotatable bonds is 12. The standard InChI is InChI=1S/C14H25F2NO3/c15-12(16)10-8-6-4-2-1-3-5-7-9-11(18)13(17)14(19)20/h3,5,11-13,18H,1-2,4,6-10,17H2,(H,19,20)/b5-3+/t11-,13-/m0/s1. The zero-order valence-electron chi connectivity index (χ0n) is 11.7. The molecule has 0 aliphatic rings. The van der Waals surface area contributed by atoms with Crippen molar-refractivity contribution in [3.8, 4) is 0 Å². The number of nitrogens with two attached hydrogens (primary N) is 1. The third kappa shape index (κ3) is 10.9. The van der Waals surface area contributed by atoms with Crippen molar-refractivity contribution < 1.29 is 23.8 Å². The largest absolute Gasteiger partial charge is 0.480 e. The molecule has 0 aromatic carbocycles. The maximum absolute atomic E-state index is 11.8. The first kappa shape index (κ1) is 19.0. The predicted octanol–water partition coefficient (Wildman–Crippen LogP) is 2.70. The highest BCUT2D eigenvalue weighted by Gasteiger charge is 2.20. The van der Waals surface area contributed by atoms with Crippen LogP contribution in [-0.4, -0.2) is 34.8 Å². The zero-order chi connectivity index (χ0) is 15.4. The fourth-order valence-electron chi connectivity index (χ4n) is 1.76. The van der Waals surface area contributed by atoms with E-state index in [0.717, 1.165) is 25.7 Å². The number of hydrogen-bond donors (Lipinski definition) is 3. The molecule has 118 valence electrons. The molecule has 0 amide bonds. The lowest BCUT2D eigenvalue weighted by Gasteiger charge is -2.13. The molecule has 0 saturated carbocycles. The van der Waals surface area contributed by atoms with Crippen LogP contribution in [0.3, 0.4) is 0 Å². The summed E-state index contributed by atoms with van der Waals surface area (Å²) in [7, 11) is 0. The van der Waals surface area contributed by atoms with E-state index in [2.05, 4.69) is 0 Å². The summed E-state index contributed by atoms with van der Waals surface area (Å²) in [4.78, 5) is 10.5. The lowest BCUT2D eigenvalue weighted by Crippen LogP contribution is -2.41. The number of carbonyl (C=O) groups is 1. The molecule has 0 spiro atoms. The Bertz CT molecular complexity index is 286. The summed E-state index contributed by atoms with van der Waals surface area (Å²) >= 11 is 0. The van der Waals surface area contributed by atoms with Gasteiger partial charge in [0, 0.05) is 6.42 Å². The van der Waals surface area contributed by atoms with Crippen molar-refractivity contribution in [2.24, 2.45) is 5.73 Å². The van der Waals surface area contributed by atoms with Gasteiger partial charge in [-0.3, -0.25) is 4.79 Å². The number of aliphatic carboxylic acids is 1. The Kier molecular flexibility index (Phi) is 11.2. The predicted molar refractivity (Wildman–Crippen MR) is 73.7 cm³/mol. The van der Waals surface area contributed by atoms with Crippen molar-refractivity contribution in [1.29, 1.82) is 0 Å². The molecule has 6 heteroatoms. The maximum atomic E-state index is 11.8. The van der Waals surface area contributed by atoms with Gasteiger partial charge >= 0.3 is 5.97 Å². The van der Waals surface area contributed by atoms with Crippen molar-refractivity contribution in [2.75, 3.05) is 0 Å². The monoisotopic (exact) mass is 293 g/mol. The van der Waals surface area contributed by atoms with E-state index >= 15 is 0 Å². The lowest BCUT2D eigenvalue weighted by atomic mass is 10.1. The van der Waals surface area contributed by atoms with E-state index in [1.54, 1.807) is 0 Å². The smallest absolute Gasteiger partial charge is 0.323 e. The summed E-state index contributed by atoms with van der Waals surface area (Å²) in [6, 6.07) is -1.24. The number of hydrogen-bond acceptors (Lipinski definition) is 3. The van der Waals surface area contributed by atoms with Gasteiger partial charge in [0.05, 0.1) is 6.10 Å². The average Bonchev–Trinajstić information content (AvgIpc) is 2.39. The zero-order valence-corrected chi connectivity index (χ0v) is 11.7. The number of aliphatic hydroxyl groups excluding tert-OH is 1. The van der Waals surface area contributed by atoms with Gasteiger partial charge < -0.3 is 15.9 Å². The summed E-state index contributed by atoms with van der Waals surface area (Å²) in [6.07, 6.45) is 5.65. The van der Waals surface area contributed by atoms with Gasteiger partial charge in [-0.2, -0.15) is 0 Å². The minimum atomic E-state index is -2.20. The molecule has 0 aromatic rings. The van der Waals surface area contributed by atoms with Crippen molar-refractivity contribution in [3.05, 3.63) is 12.2 Å². The summed E-state index contributed by atoms with van der Waals surface area (Å²) < 4.78 is 23.7. The van der Waals surface area contributed by atoms with Crippen LogP contribution in [0.25, 0.3) is 0 Å². The highest BCUT2D eigenvalue weighted by Crippen LogP contribution is 2.10. The summed E-state index contributed by atoms with van der Waals surface area (Å²) in [6.45, 7) is 0. The van der Waals surface area contributed by atoms with E-state index in [9.17, 15) is 18.7 Å². The quantitative estimate of drug-likeness (QED) is 0.381.